The third-order valence-electron chi connectivity index (χ3n) is 5.17. The normalized spacial score (nSPS) is 15.4. The molecule has 0 bridgehead atoms. The molecule has 0 unspecified atom stereocenters. The third kappa shape index (κ3) is 4.73. The van der Waals surface area contributed by atoms with E-state index in [1.165, 1.54) is 6.20 Å². The van der Waals surface area contributed by atoms with E-state index >= 15 is 0 Å². The van der Waals surface area contributed by atoms with Gasteiger partial charge in [-0.25, -0.2) is 9.78 Å². The van der Waals surface area contributed by atoms with Crippen LogP contribution in [-0.4, -0.2) is 45.2 Å². The highest BCUT2D eigenvalue weighted by Gasteiger charge is 2.36. The molecular formula is C23H29N3O5. The molecule has 31 heavy (non-hydrogen) atoms. The standard InChI is InChI=1S/C23H29N3O5/c1-14(26(21(28)29)22(2,3)4)20(27)25-15-10-11-18(24-12-15)31-17-9-7-8-16-19(17)23(5,6)13-30-16/h7-12,14H,13H2,1-6H3,(H,25,27)(H,28,29)/t14-/m1/s1. The Labute approximate surface area is 182 Å². The number of nitrogens with zero attached hydrogens (tertiary/aromatic N) is 2. The van der Waals surface area contributed by atoms with Crippen LogP contribution < -0.4 is 14.8 Å². The molecule has 8 nitrogen and oxygen atoms in total. The summed E-state index contributed by atoms with van der Waals surface area (Å²) in [7, 11) is 0. The van der Waals surface area contributed by atoms with Gasteiger partial charge in [-0.3, -0.25) is 9.69 Å². The van der Waals surface area contributed by atoms with E-state index in [4.69, 9.17) is 9.47 Å². The van der Waals surface area contributed by atoms with Crippen LogP contribution >= 0.6 is 0 Å². The number of pyridine rings is 1. The Morgan fingerprint density at radius 1 is 1.26 bits per heavy atom. The number of aromatic nitrogens is 1. The Bertz CT molecular complexity index is 980. The predicted molar refractivity (Wildman–Crippen MR) is 117 cm³/mol. The van der Waals surface area contributed by atoms with Gasteiger partial charge in [0.05, 0.1) is 18.5 Å². The number of rotatable bonds is 5. The minimum atomic E-state index is -1.15. The van der Waals surface area contributed by atoms with Crippen LogP contribution in [0.15, 0.2) is 36.5 Å². The zero-order valence-corrected chi connectivity index (χ0v) is 18.7. The molecule has 2 N–H and O–H groups in total. The molecule has 0 fully saturated rings. The summed E-state index contributed by atoms with van der Waals surface area (Å²) < 4.78 is 11.7. The summed E-state index contributed by atoms with van der Waals surface area (Å²) in [6.07, 6.45) is 0.326. The zero-order valence-electron chi connectivity index (χ0n) is 18.7. The maximum Gasteiger partial charge on any atom is 0.408 e. The number of carbonyl (C=O) groups excluding carboxylic acids is 1. The van der Waals surface area contributed by atoms with Crippen LogP contribution in [0.3, 0.4) is 0 Å². The van der Waals surface area contributed by atoms with Crippen molar-refractivity contribution in [2.24, 2.45) is 0 Å². The van der Waals surface area contributed by atoms with Gasteiger partial charge >= 0.3 is 6.09 Å². The van der Waals surface area contributed by atoms with Crippen LogP contribution in [-0.2, 0) is 10.2 Å². The average Bonchev–Trinajstić information content (AvgIpc) is 2.97. The van der Waals surface area contributed by atoms with E-state index in [1.807, 2.05) is 18.2 Å². The summed E-state index contributed by atoms with van der Waals surface area (Å²) in [5, 5.41) is 12.2. The predicted octanol–water partition coefficient (Wildman–Crippen LogP) is 4.65. The first-order valence-corrected chi connectivity index (χ1v) is 10.1. The number of benzene rings is 1. The van der Waals surface area contributed by atoms with E-state index in [9.17, 15) is 14.7 Å². The van der Waals surface area contributed by atoms with Gasteiger partial charge in [0.25, 0.3) is 0 Å². The Hall–Kier alpha value is -3.29. The fourth-order valence-electron chi connectivity index (χ4n) is 3.74. The summed E-state index contributed by atoms with van der Waals surface area (Å²) in [5.74, 6) is 1.43. The molecule has 0 saturated carbocycles. The molecular weight excluding hydrogens is 398 g/mol. The van der Waals surface area contributed by atoms with Gasteiger partial charge in [0.1, 0.15) is 17.5 Å². The van der Waals surface area contributed by atoms with Crippen molar-refractivity contribution in [2.45, 2.75) is 58.5 Å². The molecule has 1 aromatic carbocycles. The van der Waals surface area contributed by atoms with Crippen molar-refractivity contribution in [1.82, 2.24) is 9.88 Å². The average molecular weight is 428 g/mol. The largest absolute Gasteiger partial charge is 0.492 e. The molecule has 2 aromatic rings. The van der Waals surface area contributed by atoms with Gasteiger partial charge in [-0.2, -0.15) is 0 Å². The van der Waals surface area contributed by atoms with Crippen molar-refractivity contribution in [3.05, 3.63) is 42.1 Å². The second kappa shape index (κ2) is 8.09. The molecule has 1 atom stereocenters. The summed E-state index contributed by atoms with van der Waals surface area (Å²) >= 11 is 0. The van der Waals surface area contributed by atoms with E-state index in [0.29, 0.717) is 23.9 Å². The molecule has 8 heteroatoms. The number of fused-ring (bicyclic) bond motifs is 1. The van der Waals surface area contributed by atoms with E-state index in [-0.39, 0.29) is 5.41 Å². The van der Waals surface area contributed by atoms with Gasteiger partial charge in [-0.1, -0.05) is 19.9 Å². The monoisotopic (exact) mass is 427 g/mol. The van der Waals surface area contributed by atoms with E-state index in [2.05, 4.69) is 24.1 Å². The second-order valence-corrected chi connectivity index (χ2v) is 9.28. The highest BCUT2D eigenvalue weighted by atomic mass is 16.5. The third-order valence-corrected chi connectivity index (χ3v) is 5.17. The van der Waals surface area contributed by atoms with Gasteiger partial charge < -0.3 is 19.9 Å². The van der Waals surface area contributed by atoms with Gasteiger partial charge in [0, 0.05) is 22.6 Å². The fraction of sp³-hybridized carbons (Fsp3) is 0.435. The number of ether oxygens (including phenoxy) is 2. The highest BCUT2D eigenvalue weighted by molar-refractivity contribution is 5.96. The molecule has 2 heterocycles. The Balaban J connectivity index is 1.71. The molecule has 1 aliphatic heterocycles. The first-order chi connectivity index (χ1) is 14.4. The van der Waals surface area contributed by atoms with Crippen LogP contribution in [0.25, 0.3) is 0 Å². The fourth-order valence-corrected chi connectivity index (χ4v) is 3.74. The van der Waals surface area contributed by atoms with Crippen molar-refractivity contribution < 1.29 is 24.2 Å². The van der Waals surface area contributed by atoms with Crippen LogP contribution in [0, 0.1) is 0 Å². The zero-order chi connectivity index (χ0) is 23.0. The molecule has 1 aliphatic rings. The Morgan fingerprint density at radius 2 is 1.97 bits per heavy atom. The molecule has 0 aliphatic carbocycles. The molecule has 3 rings (SSSR count). The summed E-state index contributed by atoms with van der Waals surface area (Å²) in [4.78, 5) is 29.6. The number of hydrogen-bond acceptors (Lipinski definition) is 5. The number of amides is 2. The van der Waals surface area contributed by atoms with Gasteiger partial charge in [-0.15, -0.1) is 0 Å². The number of hydrogen-bond donors (Lipinski definition) is 2. The minimum absolute atomic E-state index is 0.168. The van der Waals surface area contributed by atoms with E-state index in [0.717, 1.165) is 16.2 Å². The lowest BCUT2D eigenvalue weighted by atomic mass is 9.86. The maximum atomic E-state index is 12.6. The SMILES string of the molecule is C[C@H](C(=O)Nc1ccc(Oc2cccc3c2C(C)(C)CO3)nc1)N(C(=O)O)C(C)(C)C. The topological polar surface area (TPSA) is 101 Å². The lowest BCUT2D eigenvalue weighted by molar-refractivity contribution is -0.121. The maximum absolute atomic E-state index is 12.6. The van der Waals surface area contributed by atoms with Crippen molar-refractivity contribution in [1.29, 1.82) is 0 Å². The summed E-state index contributed by atoms with van der Waals surface area (Å²) in [6.45, 7) is 11.6. The van der Waals surface area contributed by atoms with Crippen molar-refractivity contribution in [3.63, 3.8) is 0 Å². The highest BCUT2D eigenvalue weighted by Crippen LogP contribution is 2.45. The summed E-state index contributed by atoms with van der Waals surface area (Å²) in [5.41, 5.74) is 0.565. The van der Waals surface area contributed by atoms with Gasteiger partial charge in [0.15, 0.2) is 0 Å². The molecule has 0 radical (unpaired) electrons. The van der Waals surface area contributed by atoms with Crippen LogP contribution in [0.4, 0.5) is 10.5 Å². The van der Waals surface area contributed by atoms with Crippen molar-refractivity contribution in [2.75, 3.05) is 11.9 Å². The smallest absolute Gasteiger partial charge is 0.408 e. The Kier molecular flexibility index (Phi) is 5.85. The number of nitrogens with one attached hydrogen (secondary N) is 1. The first-order valence-electron chi connectivity index (χ1n) is 10.1. The molecule has 0 saturated heterocycles. The van der Waals surface area contributed by atoms with Crippen LogP contribution in [0.1, 0.15) is 47.1 Å². The molecule has 166 valence electrons. The number of carboxylic acid groups (broad SMARTS) is 1. The Morgan fingerprint density at radius 3 is 2.55 bits per heavy atom. The number of carbonyl (C=O) groups is 2. The van der Waals surface area contributed by atoms with Gasteiger partial charge in [0.2, 0.25) is 11.8 Å². The van der Waals surface area contributed by atoms with E-state index < -0.39 is 23.6 Å². The molecule has 0 spiro atoms. The van der Waals surface area contributed by atoms with E-state index in [1.54, 1.807) is 39.8 Å². The molecule has 2 amide bonds. The lowest BCUT2D eigenvalue weighted by Crippen LogP contribution is -2.54. The lowest BCUT2D eigenvalue weighted by Gasteiger charge is -2.37. The number of anilines is 1. The minimum Gasteiger partial charge on any atom is -0.492 e. The second-order valence-electron chi connectivity index (χ2n) is 9.28. The quantitative estimate of drug-likeness (QED) is 0.720. The van der Waals surface area contributed by atoms with Crippen LogP contribution in [0.2, 0.25) is 0 Å². The van der Waals surface area contributed by atoms with Crippen molar-refractivity contribution in [3.8, 4) is 17.4 Å². The van der Waals surface area contributed by atoms with Gasteiger partial charge in [-0.05, 0) is 45.9 Å². The van der Waals surface area contributed by atoms with Crippen molar-refractivity contribution >= 4 is 17.7 Å². The summed E-state index contributed by atoms with van der Waals surface area (Å²) in [6, 6.07) is 8.11. The van der Waals surface area contributed by atoms with Crippen LogP contribution in [0.5, 0.6) is 17.4 Å². The molecule has 1 aromatic heterocycles. The first kappa shape index (κ1) is 22.4.